The molecule has 4 aliphatic rings. The maximum Gasteiger partial charge on any atom is 0.329 e. The highest BCUT2D eigenvalue weighted by atomic mass is 16.6. The Labute approximate surface area is 450 Å². The maximum absolute atomic E-state index is 14.6. The summed E-state index contributed by atoms with van der Waals surface area (Å²) in [6.45, 7) is 12.6. The number of Topliss-reactive ketones (excluding diaryl/α,β-unsaturated/α-hetero) is 3. The van der Waals surface area contributed by atoms with E-state index in [4.69, 9.17) is 37.9 Å². The molecule has 15 atom stereocenters. The van der Waals surface area contributed by atoms with E-state index in [1.807, 2.05) is 51.2 Å². The number of hydrogen-bond acceptors (Lipinski definition) is 16. The number of ketones is 3. The van der Waals surface area contributed by atoms with Gasteiger partial charge in [0.05, 0.1) is 39.6 Å². The SMILES string of the molecule is COc1cc(OC)c(O[C@@H]2C[C@@H]3CC[C@@H](C)[C@@](O)(O3)C(=O)C(=O)N3CCCC[C@H]3C(=O)O[C@H]([C@H](C)C[C@H]3CC[C@@H](O)[C@H](OC)C3)CC(=O)[C@H](C)/C=C(\C)[C@@H](O)[C@@H](OC)C(=O)[C@H](C)C[C@H](C)\C=C/C=C/C=C/2C)c(OC)c1. The van der Waals surface area contributed by atoms with Gasteiger partial charge in [-0.2, -0.15) is 0 Å². The van der Waals surface area contributed by atoms with Crippen LogP contribution >= 0.6 is 0 Å². The van der Waals surface area contributed by atoms with Crippen LogP contribution in [0.2, 0.25) is 0 Å². The van der Waals surface area contributed by atoms with Gasteiger partial charge in [-0.1, -0.05) is 71.1 Å². The maximum atomic E-state index is 14.6. The van der Waals surface area contributed by atoms with Crippen LogP contribution in [0.5, 0.6) is 23.0 Å². The fraction of sp³-hybridized carbons (Fsp3) is 0.678. The van der Waals surface area contributed by atoms with Crippen LogP contribution in [0, 0.1) is 35.5 Å². The Morgan fingerprint density at radius 3 is 2.14 bits per heavy atom. The molecule has 76 heavy (non-hydrogen) atoms. The van der Waals surface area contributed by atoms with E-state index in [-0.39, 0.29) is 67.0 Å². The van der Waals surface area contributed by atoms with Gasteiger partial charge in [0, 0.05) is 63.5 Å². The van der Waals surface area contributed by atoms with E-state index in [1.54, 1.807) is 53.0 Å². The van der Waals surface area contributed by atoms with Crippen molar-refractivity contribution in [1.29, 1.82) is 0 Å². The number of fused-ring (bicyclic) bond motifs is 3. The van der Waals surface area contributed by atoms with E-state index in [9.17, 15) is 39.3 Å². The van der Waals surface area contributed by atoms with Crippen LogP contribution in [-0.2, 0) is 42.9 Å². The third-order valence-corrected chi connectivity index (χ3v) is 16.1. The first kappa shape index (κ1) is 61.9. The molecule has 1 saturated carbocycles. The molecular weight excluding hydrogens is 979 g/mol. The molecule has 2 saturated heterocycles. The number of amides is 1. The van der Waals surface area contributed by atoms with Crippen molar-refractivity contribution in [3.8, 4) is 23.0 Å². The summed E-state index contributed by atoms with van der Waals surface area (Å²) in [4.78, 5) is 73.0. The summed E-state index contributed by atoms with van der Waals surface area (Å²) in [6.07, 6.45) is 9.69. The van der Waals surface area contributed by atoms with Crippen LogP contribution in [0.15, 0.2) is 59.7 Å². The van der Waals surface area contributed by atoms with Gasteiger partial charge in [0.2, 0.25) is 11.5 Å². The number of methoxy groups -OCH3 is 5. The number of esters is 1. The lowest BCUT2D eigenvalue weighted by Crippen LogP contribution is -2.61. The molecule has 3 aliphatic heterocycles. The highest BCUT2D eigenvalue weighted by Crippen LogP contribution is 2.44. The third-order valence-electron chi connectivity index (χ3n) is 16.1. The number of cyclic esters (lactones) is 1. The van der Waals surface area contributed by atoms with Crippen LogP contribution in [0.3, 0.4) is 0 Å². The number of ether oxygens (including phenoxy) is 8. The lowest BCUT2D eigenvalue weighted by atomic mass is 9.78. The summed E-state index contributed by atoms with van der Waals surface area (Å²) >= 11 is 0. The minimum Gasteiger partial charge on any atom is -0.496 e. The number of aliphatic hydroxyl groups is 3. The van der Waals surface area contributed by atoms with Crippen molar-refractivity contribution in [2.45, 2.75) is 180 Å². The Bertz CT molecular complexity index is 2250. The minimum absolute atomic E-state index is 0.0421. The highest BCUT2D eigenvalue weighted by molar-refractivity contribution is 6.39. The van der Waals surface area contributed by atoms with Gasteiger partial charge in [-0.05, 0) is 107 Å². The zero-order valence-corrected chi connectivity index (χ0v) is 47.0. The summed E-state index contributed by atoms with van der Waals surface area (Å²) in [5, 5.41) is 34.4. The second kappa shape index (κ2) is 28.6. The van der Waals surface area contributed by atoms with Crippen molar-refractivity contribution in [3.63, 3.8) is 0 Å². The van der Waals surface area contributed by atoms with Crippen LogP contribution in [0.4, 0.5) is 0 Å². The number of benzene rings is 1. The van der Waals surface area contributed by atoms with Crippen molar-refractivity contribution in [3.05, 3.63) is 59.7 Å². The monoisotopic (exact) mass is 1070 g/mol. The molecule has 0 aromatic heterocycles. The van der Waals surface area contributed by atoms with Gasteiger partial charge in [0.15, 0.2) is 17.3 Å². The van der Waals surface area contributed by atoms with Crippen LogP contribution < -0.4 is 18.9 Å². The second-order valence-corrected chi connectivity index (χ2v) is 21.8. The summed E-state index contributed by atoms with van der Waals surface area (Å²) in [7, 11) is 7.43. The first-order valence-corrected chi connectivity index (χ1v) is 27.2. The fourth-order valence-corrected chi connectivity index (χ4v) is 11.2. The van der Waals surface area contributed by atoms with Gasteiger partial charge < -0.3 is 58.1 Å². The Morgan fingerprint density at radius 1 is 0.803 bits per heavy atom. The highest BCUT2D eigenvalue weighted by Gasteiger charge is 2.53. The number of allylic oxidation sites excluding steroid dienone is 6. The lowest BCUT2D eigenvalue weighted by Gasteiger charge is -2.43. The topological polar surface area (TPSA) is 223 Å². The molecule has 17 nitrogen and oxygen atoms in total. The average molecular weight is 1070 g/mol. The molecule has 17 heteroatoms. The van der Waals surface area contributed by atoms with Crippen molar-refractivity contribution < 1.29 is 77.2 Å². The number of aliphatic hydroxyl groups excluding tert-OH is 2. The number of carbonyl (C=O) groups excluding carboxylic acids is 5. The van der Waals surface area contributed by atoms with Crippen LogP contribution in [0.1, 0.15) is 126 Å². The zero-order chi connectivity index (χ0) is 56.0. The smallest absolute Gasteiger partial charge is 0.329 e. The van der Waals surface area contributed by atoms with Gasteiger partial charge in [-0.25, -0.2) is 4.79 Å². The molecule has 3 heterocycles. The normalized spacial score (nSPS) is 36.1. The van der Waals surface area contributed by atoms with Crippen molar-refractivity contribution in [2.24, 2.45) is 35.5 Å². The molecule has 3 fully saturated rings. The predicted octanol–water partition coefficient (Wildman–Crippen LogP) is 7.64. The molecule has 2 bridgehead atoms. The second-order valence-electron chi connectivity index (χ2n) is 21.8. The Morgan fingerprint density at radius 2 is 1.50 bits per heavy atom. The van der Waals surface area contributed by atoms with E-state index < -0.39 is 83.9 Å². The summed E-state index contributed by atoms with van der Waals surface area (Å²) in [5.41, 5.74) is 1.10. The summed E-state index contributed by atoms with van der Waals surface area (Å²) in [5.74, 6) is -7.15. The van der Waals surface area contributed by atoms with Crippen molar-refractivity contribution >= 4 is 29.2 Å². The quantitative estimate of drug-likeness (QED) is 0.116. The largest absolute Gasteiger partial charge is 0.496 e. The van der Waals surface area contributed by atoms with Gasteiger partial charge in [-0.3, -0.25) is 19.2 Å². The molecule has 0 radical (unpaired) electrons. The average Bonchev–Trinajstić information content (AvgIpc) is 3.40. The zero-order valence-electron chi connectivity index (χ0n) is 47.0. The van der Waals surface area contributed by atoms with Gasteiger partial charge in [0.1, 0.15) is 42.0 Å². The molecule has 1 aliphatic carbocycles. The first-order valence-electron chi connectivity index (χ1n) is 27.2. The van der Waals surface area contributed by atoms with E-state index in [0.29, 0.717) is 80.6 Å². The minimum atomic E-state index is -2.55. The molecule has 1 aromatic carbocycles. The van der Waals surface area contributed by atoms with Crippen LogP contribution in [0.25, 0.3) is 0 Å². The first-order chi connectivity index (χ1) is 36.1. The predicted molar refractivity (Wildman–Crippen MR) is 285 cm³/mol. The number of carbonyl (C=O) groups is 5. The van der Waals surface area contributed by atoms with E-state index in [2.05, 4.69) is 0 Å². The number of piperidine rings is 1. The molecule has 424 valence electrons. The fourth-order valence-electron chi connectivity index (χ4n) is 11.2. The van der Waals surface area contributed by atoms with E-state index >= 15 is 0 Å². The van der Waals surface area contributed by atoms with E-state index in [0.717, 1.165) is 5.57 Å². The number of rotatable bonds is 10. The standard InChI is InChI=1S/C59H87NO16/c1-34-18-14-13-15-19-35(2)47(74-54-50(71-10)31-43(69-8)32-51(54)72-11)30-42-23-21-40(7)59(68,76-42)56(65)57(66)60-25-17-16-20-44(60)58(67)75-48(37(4)28-41-22-24-45(61)49(29-41)70-9)33-46(62)36(3)27-39(6)53(64)55(73-12)52(63)38(5)26-34/h13-15,18-19,27,31-32,34,36-38,40-42,44-45,47-49,53,55,61,64,68H,16-17,20-26,28-30,33H2,1-12H3/b15-13+,18-14-,35-19+,39-27+/t34-,36-,37-,38-,40-,41-,42+,44+,45-,47-,48+,49-,53-,55+,59-/m1/s1. The molecule has 5 rings (SSSR count). The third kappa shape index (κ3) is 15.6. The number of nitrogens with zero attached hydrogens (tertiary/aromatic N) is 1. The lowest BCUT2D eigenvalue weighted by molar-refractivity contribution is -0.265. The molecule has 0 unspecified atom stereocenters. The van der Waals surface area contributed by atoms with Gasteiger partial charge >= 0.3 is 5.97 Å². The molecule has 3 N–H and O–H groups in total. The van der Waals surface area contributed by atoms with Crippen molar-refractivity contribution in [2.75, 3.05) is 42.1 Å². The van der Waals surface area contributed by atoms with Gasteiger partial charge in [-0.15, -0.1) is 0 Å². The Hall–Kier alpha value is -4.91. The van der Waals surface area contributed by atoms with Crippen molar-refractivity contribution in [1.82, 2.24) is 4.90 Å². The summed E-state index contributed by atoms with van der Waals surface area (Å²) < 4.78 is 47.5. The van der Waals surface area contributed by atoms with E-state index in [1.165, 1.54) is 33.3 Å². The Balaban J connectivity index is 1.54. The summed E-state index contributed by atoms with van der Waals surface area (Å²) in [6, 6.07) is 2.13. The van der Waals surface area contributed by atoms with Gasteiger partial charge in [0.25, 0.3) is 11.7 Å². The number of hydrogen-bond donors (Lipinski definition) is 3. The Kier molecular flexibility index (Phi) is 23.3. The molecular formula is C59H87NO16. The molecule has 1 aromatic rings. The molecule has 1 amide bonds. The molecule has 0 spiro atoms. The van der Waals surface area contributed by atoms with Crippen LogP contribution in [-0.4, -0.2) is 146 Å².